The Labute approximate surface area is 210 Å². The first-order valence-electron chi connectivity index (χ1n) is 12.1. The molecule has 3 aromatic rings. The van der Waals surface area contributed by atoms with Crippen LogP contribution in [0.25, 0.3) is 5.65 Å². The molecule has 0 saturated carbocycles. The Hall–Kier alpha value is -3.89. The second kappa shape index (κ2) is 11.2. The lowest BCUT2D eigenvalue weighted by atomic mass is 10.1. The Morgan fingerprint density at radius 3 is 2.67 bits per heavy atom. The molecule has 3 heterocycles. The van der Waals surface area contributed by atoms with Crippen molar-refractivity contribution in [2.75, 3.05) is 17.3 Å². The molecule has 0 fully saturated rings. The molecule has 0 saturated heterocycles. The Kier molecular flexibility index (Phi) is 8.33. The number of H-pyrrole nitrogens is 1. The molecule has 0 aliphatic rings. The van der Waals surface area contributed by atoms with Gasteiger partial charge in [0.1, 0.15) is 28.5 Å². The zero-order chi connectivity index (χ0) is 26.5. The van der Waals surface area contributed by atoms with E-state index < -0.39 is 11.7 Å². The Balaban J connectivity index is 2.06. The van der Waals surface area contributed by atoms with Gasteiger partial charge in [0.15, 0.2) is 5.65 Å². The highest BCUT2D eigenvalue weighted by Crippen LogP contribution is 2.25. The van der Waals surface area contributed by atoms with Gasteiger partial charge >= 0.3 is 6.09 Å². The number of rotatable bonds is 9. The van der Waals surface area contributed by atoms with E-state index in [0.717, 1.165) is 25.7 Å². The Morgan fingerprint density at radius 1 is 1.28 bits per heavy atom. The van der Waals surface area contributed by atoms with E-state index in [9.17, 15) is 14.4 Å². The van der Waals surface area contributed by atoms with Crippen molar-refractivity contribution in [2.24, 2.45) is 0 Å². The first-order valence-corrected chi connectivity index (χ1v) is 12.1. The number of anilines is 3. The summed E-state index contributed by atoms with van der Waals surface area (Å²) in [5, 5.41) is 10.4. The number of unbranched alkanes of at least 4 members (excludes halogenated alkanes) is 1. The predicted molar refractivity (Wildman–Crippen MR) is 139 cm³/mol. The van der Waals surface area contributed by atoms with Crippen LogP contribution in [0.3, 0.4) is 0 Å². The zero-order valence-corrected chi connectivity index (χ0v) is 21.7. The van der Waals surface area contributed by atoms with Gasteiger partial charge in [-0.2, -0.15) is 9.61 Å². The highest BCUT2D eigenvalue weighted by atomic mass is 16.6. The van der Waals surface area contributed by atoms with Crippen LogP contribution in [0.1, 0.15) is 70.7 Å². The summed E-state index contributed by atoms with van der Waals surface area (Å²) in [6.45, 7) is 9.46. The van der Waals surface area contributed by atoms with Gasteiger partial charge in [0.25, 0.3) is 11.5 Å². The zero-order valence-electron chi connectivity index (χ0n) is 21.7. The lowest BCUT2D eigenvalue weighted by Gasteiger charge is -2.25. The van der Waals surface area contributed by atoms with Crippen LogP contribution < -0.4 is 21.1 Å². The third-order valence-corrected chi connectivity index (χ3v) is 5.52. The number of pyridine rings is 1. The standard InChI is InChI=1S/C25H35N7O4/c1-7-9-11-16(8-2)28-22(33)17-15-27-32-20(31(6)24(35)36-25(3,4)5)14-19(30-21(17)32)29-18-12-10-13-26-23(18)34/h10,12-16H,7-9,11H2,1-6H3,(H,26,34)(H,28,33)(H,29,30)/t16-/m1/s1. The predicted octanol–water partition coefficient (Wildman–Crippen LogP) is 4.23. The Morgan fingerprint density at radius 2 is 2.03 bits per heavy atom. The van der Waals surface area contributed by atoms with Crippen LogP contribution in [0.4, 0.5) is 22.1 Å². The number of carbonyl (C=O) groups is 2. The van der Waals surface area contributed by atoms with Crippen molar-refractivity contribution in [1.82, 2.24) is 24.9 Å². The molecule has 0 spiro atoms. The summed E-state index contributed by atoms with van der Waals surface area (Å²) in [7, 11) is 1.54. The van der Waals surface area contributed by atoms with Gasteiger partial charge in [-0.3, -0.25) is 14.5 Å². The summed E-state index contributed by atoms with van der Waals surface area (Å²) in [6.07, 6.45) is 6.07. The third-order valence-electron chi connectivity index (χ3n) is 5.52. The van der Waals surface area contributed by atoms with Gasteiger partial charge in [0, 0.05) is 25.4 Å². The number of nitrogens with zero attached hydrogens (tertiary/aromatic N) is 4. The molecule has 0 aromatic carbocycles. The van der Waals surface area contributed by atoms with Crippen molar-refractivity contribution >= 4 is 35.0 Å². The van der Waals surface area contributed by atoms with Crippen molar-refractivity contribution in [3.05, 3.63) is 46.5 Å². The molecule has 0 aliphatic heterocycles. The average molecular weight is 498 g/mol. The van der Waals surface area contributed by atoms with Gasteiger partial charge in [-0.25, -0.2) is 9.78 Å². The van der Waals surface area contributed by atoms with Gasteiger partial charge in [-0.15, -0.1) is 0 Å². The minimum atomic E-state index is -0.710. The van der Waals surface area contributed by atoms with E-state index in [1.54, 1.807) is 46.0 Å². The maximum atomic E-state index is 13.2. The van der Waals surface area contributed by atoms with Crippen LogP contribution in [-0.2, 0) is 4.74 Å². The molecule has 3 aromatic heterocycles. The van der Waals surface area contributed by atoms with Crippen molar-refractivity contribution in [2.45, 2.75) is 71.9 Å². The van der Waals surface area contributed by atoms with Crippen molar-refractivity contribution < 1.29 is 14.3 Å². The molecular weight excluding hydrogens is 462 g/mol. The summed E-state index contributed by atoms with van der Waals surface area (Å²) in [6, 6.07) is 4.87. The highest BCUT2D eigenvalue weighted by molar-refractivity contribution is 6.00. The van der Waals surface area contributed by atoms with Gasteiger partial charge in [0.05, 0.1) is 6.20 Å². The van der Waals surface area contributed by atoms with E-state index in [-0.39, 0.29) is 40.2 Å². The number of amides is 2. The first-order chi connectivity index (χ1) is 17.0. The Bertz CT molecular complexity index is 1280. The molecule has 0 bridgehead atoms. The number of aromatic nitrogens is 4. The number of aromatic amines is 1. The molecule has 3 N–H and O–H groups in total. The lowest BCUT2D eigenvalue weighted by Crippen LogP contribution is -2.35. The first kappa shape index (κ1) is 26.7. The molecule has 0 unspecified atom stereocenters. The monoisotopic (exact) mass is 497 g/mol. The molecular formula is C25H35N7O4. The number of nitrogens with one attached hydrogen (secondary N) is 3. The summed E-state index contributed by atoms with van der Waals surface area (Å²) >= 11 is 0. The summed E-state index contributed by atoms with van der Waals surface area (Å²) in [5.41, 5.74) is -0.292. The van der Waals surface area contributed by atoms with E-state index in [0.29, 0.717) is 5.82 Å². The van der Waals surface area contributed by atoms with E-state index in [4.69, 9.17) is 4.74 Å². The highest BCUT2D eigenvalue weighted by Gasteiger charge is 2.26. The van der Waals surface area contributed by atoms with Crippen molar-refractivity contribution in [3.8, 4) is 0 Å². The molecule has 1 atom stereocenters. The maximum absolute atomic E-state index is 13.2. The van der Waals surface area contributed by atoms with Crippen molar-refractivity contribution in [1.29, 1.82) is 0 Å². The van der Waals surface area contributed by atoms with Crippen LogP contribution in [0.2, 0.25) is 0 Å². The smallest absolute Gasteiger partial charge is 0.415 e. The molecule has 2 amide bonds. The van der Waals surface area contributed by atoms with Gasteiger partial charge < -0.3 is 20.4 Å². The van der Waals surface area contributed by atoms with E-state index in [1.807, 2.05) is 6.92 Å². The van der Waals surface area contributed by atoms with E-state index >= 15 is 0 Å². The van der Waals surface area contributed by atoms with Gasteiger partial charge in [-0.1, -0.05) is 26.7 Å². The normalized spacial score (nSPS) is 12.3. The van der Waals surface area contributed by atoms with Crippen LogP contribution >= 0.6 is 0 Å². The minimum absolute atomic E-state index is 0.0282. The summed E-state index contributed by atoms with van der Waals surface area (Å²) in [4.78, 5) is 46.7. The number of hydrogen-bond acceptors (Lipinski definition) is 7. The second-order valence-corrected chi connectivity index (χ2v) is 9.59. The largest absolute Gasteiger partial charge is 0.443 e. The van der Waals surface area contributed by atoms with E-state index in [2.05, 4.69) is 32.6 Å². The van der Waals surface area contributed by atoms with Crippen LogP contribution in [0.15, 0.2) is 35.4 Å². The molecule has 3 rings (SSSR count). The van der Waals surface area contributed by atoms with Crippen molar-refractivity contribution in [3.63, 3.8) is 0 Å². The van der Waals surface area contributed by atoms with Crippen LogP contribution in [0.5, 0.6) is 0 Å². The molecule has 11 nitrogen and oxygen atoms in total. The summed E-state index contributed by atoms with van der Waals surface area (Å²) < 4.78 is 6.92. The van der Waals surface area contributed by atoms with Gasteiger partial charge in [0.2, 0.25) is 0 Å². The fourth-order valence-corrected chi connectivity index (χ4v) is 3.58. The lowest BCUT2D eigenvalue weighted by molar-refractivity contribution is 0.0587. The number of hydrogen-bond donors (Lipinski definition) is 3. The van der Waals surface area contributed by atoms with Crippen LogP contribution in [-0.4, -0.2) is 50.3 Å². The third kappa shape index (κ3) is 6.41. The maximum Gasteiger partial charge on any atom is 0.415 e. The minimum Gasteiger partial charge on any atom is -0.443 e. The molecule has 194 valence electrons. The fraction of sp³-hybridized carbons (Fsp3) is 0.480. The van der Waals surface area contributed by atoms with Crippen LogP contribution in [0, 0.1) is 0 Å². The van der Waals surface area contributed by atoms with E-state index in [1.165, 1.54) is 21.8 Å². The molecule has 0 aliphatic carbocycles. The average Bonchev–Trinajstić information content (AvgIpc) is 3.25. The number of ether oxygens (including phenoxy) is 1. The summed E-state index contributed by atoms with van der Waals surface area (Å²) in [5.74, 6) is 0.263. The number of fused-ring (bicyclic) bond motifs is 1. The topological polar surface area (TPSA) is 134 Å². The quantitative estimate of drug-likeness (QED) is 0.403. The molecule has 11 heteroatoms. The number of carbonyl (C=O) groups excluding carboxylic acids is 2. The second-order valence-electron chi connectivity index (χ2n) is 9.59. The fourth-order valence-electron chi connectivity index (χ4n) is 3.58. The molecule has 0 radical (unpaired) electrons. The molecule has 36 heavy (non-hydrogen) atoms. The van der Waals surface area contributed by atoms with Gasteiger partial charge in [-0.05, 0) is 45.7 Å². The SMILES string of the molecule is CCCC[C@@H](CC)NC(=O)c1cnn2c(N(C)C(=O)OC(C)(C)C)cc(Nc3ccc[nH]c3=O)nc12.